The van der Waals surface area contributed by atoms with Gasteiger partial charge in [0.1, 0.15) is 0 Å². The Hall–Kier alpha value is -1.98. The van der Waals surface area contributed by atoms with Crippen LogP contribution in [0.25, 0.3) is 0 Å². The van der Waals surface area contributed by atoms with Gasteiger partial charge in [-0.2, -0.15) is 0 Å². The van der Waals surface area contributed by atoms with E-state index in [2.05, 4.69) is 16.7 Å². The van der Waals surface area contributed by atoms with Crippen LogP contribution < -0.4 is 10.6 Å². The Morgan fingerprint density at radius 1 is 0.826 bits per heavy atom. The highest BCUT2D eigenvalue weighted by molar-refractivity contribution is 6.10. The summed E-state index contributed by atoms with van der Waals surface area (Å²) in [5.41, 5.74) is 0.0813. The van der Waals surface area contributed by atoms with Crippen LogP contribution in [0.4, 0.5) is 0 Å². The van der Waals surface area contributed by atoms with Crippen molar-refractivity contribution in [2.75, 3.05) is 0 Å². The van der Waals surface area contributed by atoms with Crippen molar-refractivity contribution >= 4 is 23.6 Å². The molecule has 2 aliphatic heterocycles. The maximum Gasteiger partial charge on any atom is 0.231 e. The van der Waals surface area contributed by atoms with Crippen LogP contribution in [-0.4, -0.2) is 23.6 Å². The van der Waals surface area contributed by atoms with E-state index in [4.69, 9.17) is 0 Å². The molecule has 0 aromatic rings. The molecule has 0 spiro atoms. The minimum Gasteiger partial charge on any atom is -0.296 e. The first-order valence-corrected chi connectivity index (χ1v) is 8.11. The first-order chi connectivity index (χ1) is 10.7. The number of imide groups is 2. The Bertz CT molecular complexity index is 771. The molecule has 4 fully saturated rings. The molecule has 8 atom stereocenters. The number of nitrogens with one attached hydrogen (secondary N) is 2. The molecular weight excluding hydrogens is 296 g/mol. The van der Waals surface area contributed by atoms with E-state index in [-0.39, 0.29) is 47.3 Å². The third-order valence-corrected chi connectivity index (χ3v) is 7.48. The van der Waals surface area contributed by atoms with E-state index in [1.807, 2.05) is 20.8 Å². The smallest absolute Gasteiger partial charge is 0.231 e. The monoisotopic (exact) mass is 314 g/mol. The summed E-state index contributed by atoms with van der Waals surface area (Å²) in [4.78, 5) is 49.4. The van der Waals surface area contributed by atoms with E-state index in [0.29, 0.717) is 0 Å². The highest BCUT2D eigenvalue weighted by Gasteiger charge is 2.82. The predicted octanol–water partition coefficient (Wildman–Crippen LogP) is -0.00390. The maximum absolute atomic E-state index is 12.4. The number of rotatable bonds is 0. The Morgan fingerprint density at radius 3 is 2.04 bits per heavy atom. The Morgan fingerprint density at radius 2 is 1.39 bits per heavy atom. The van der Waals surface area contributed by atoms with Crippen LogP contribution in [0.3, 0.4) is 0 Å². The van der Waals surface area contributed by atoms with Gasteiger partial charge in [-0.25, -0.2) is 0 Å². The van der Waals surface area contributed by atoms with E-state index in [0.717, 1.165) is 5.57 Å². The van der Waals surface area contributed by atoms with Crippen molar-refractivity contribution in [2.24, 2.45) is 46.3 Å². The summed E-state index contributed by atoms with van der Waals surface area (Å²) in [7, 11) is 0. The van der Waals surface area contributed by atoms with E-state index < -0.39 is 22.7 Å². The van der Waals surface area contributed by atoms with Gasteiger partial charge in [0.25, 0.3) is 0 Å². The zero-order valence-electron chi connectivity index (χ0n) is 13.2. The highest BCUT2D eigenvalue weighted by Crippen LogP contribution is 2.78. The SMILES string of the molecule is CC1=CC2(C)C3C(=O)NC(=O)C3C1C1(C)C3C(=O)NC(=O)C3C21. The summed E-state index contributed by atoms with van der Waals surface area (Å²) >= 11 is 0. The number of carbonyl (C=O) groups excluding carboxylic acids is 4. The van der Waals surface area contributed by atoms with Crippen LogP contribution in [0.15, 0.2) is 11.6 Å². The fourth-order valence-corrected chi connectivity index (χ4v) is 7.24. The molecule has 2 saturated carbocycles. The van der Waals surface area contributed by atoms with Gasteiger partial charge in [0, 0.05) is 5.41 Å². The summed E-state index contributed by atoms with van der Waals surface area (Å²) in [6.45, 7) is 6.00. The van der Waals surface area contributed by atoms with Crippen molar-refractivity contribution in [1.29, 1.82) is 0 Å². The Labute approximate surface area is 133 Å². The van der Waals surface area contributed by atoms with Gasteiger partial charge in [0.05, 0.1) is 23.7 Å². The fraction of sp³-hybridized carbons (Fsp3) is 0.647. The largest absolute Gasteiger partial charge is 0.296 e. The second kappa shape index (κ2) is 3.42. The number of hydrogen-bond donors (Lipinski definition) is 2. The molecule has 23 heavy (non-hydrogen) atoms. The van der Waals surface area contributed by atoms with Gasteiger partial charge < -0.3 is 0 Å². The minimum atomic E-state index is -0.558. The van der Waals surface area contributed by atoms with Crippen LogP contribution in [0.2, 0.25) is 0 Å². The lowest BCUT2D eigenvalue weighted by Crippen LogP contribution is -2.73. The molecule has 6 nitrogen and oxygen atoms in total. The number of carbonyl (C=O) groups is 4. The lowest BCUT2D eigenvalue weighted by molar-refractivity contribution is -0.230. The standard InChI is InChI=1S/C17H18N2O4/c1-5-4-16(2)9-6(12(20)18-14(9)22)8(5)17(3)10-7(11(16)17)13(21)19-15(10)23/h4,6-11H,1-3H3,(H,18,20,22)(H,19,21,23). The zero-order chi connectivity index (χ0) is 16.5. The number of allylic oxidation sites excluding steroid dienone is 2. The molecular formula is C17H18N2O4. The molecule has 6 rings (SSSR count). The van der Waals surface area contributed by atoms with E-state index in [1.54, 1.807) is 0 Å². The molecule has 2 saturated heterocycles. The first-order valence-electron chi connectivity index (χ1n) is 8.11. The third-order valence-electron chi connectivity index (χ3n) is 7.48. The molecule has 4 amide bonds. The molecule has 2 heterocycles. The highest BCUT2D eigenvalue weighted by atomic mass is 16.2. The van der Waals surface area contributed by atoms with Gasteiger partial charge in [-0.05, 0) is 24.2 Å². The summed E-state index contributed by atoms with van der Waals surface area (Å²) in [5, 5.41) is 4.95. The first kappa shape index (κ1) is 13.5. The average Bonchev–Trinajstić information content (AvgIpc) is 2.83. The number of fused-ring (bicyclic) bond motifs is 1. The Kier molecular flexibility index (Phi) is 2.00. The summed E-state index contributed by atoms with van der Waals surface area (Å²) in [5.74, 6) is -2.70. The molecule has 8 unspecified atom stereocenters. The van der Waals surface area contributed by atoms with Crippen molar-refractivity contribution in [2.45, 2.75) is 20.8 Å². The minimum absolute atomic E-state index is 0.0713. The quantitative estimate of drug-likeness (QED) is 0.486. The molecule has 120 valence electrons. The number of amides is 4. The van der Waals surface area contributed by atoms with Gasteiger partial charge in [0.2, 0.25) is 23.6 Å². The summed E-state index contributed by atoms with van der Waals surface area (Å²) in [6.07, 6.45) is 2.09. The fourth-order valence-electron chi connectivity index (χ4n) is 7.24. The van der Waals surface area contributed by atoms with E-state index >= 15 is 0 Å². The van der Waals surface area contributed by atoms with Crippen LogP contribution >= 0.6 is 0 Å². The molecule has 0 radical (unpaired) electrons. The lowest BCUT2D eigenvalue weighted by Gasteiger charge is -2.72. The molecule has 6 heteroatoms. The van der Waals surface area contributed by atoms with Gasteiger partial charge >= 0.3 is 0 Å². The molecule has 2 N–H and O–H groups in total. The topological polar surface area (TPSA) is 92.3 Å². The van der Waals surface area contributed by atoms with Gasteiger partial charge in [-0.3, -0.25) is 29.8 Å². The molecule has 0 aromatic carbocycles. The van der Waals surface area contributed by atoms with Gasteiger partial charge in [0.15, 0.2) is 0 Å². The Balaban J connectivity index is 1.77. The van der Waals surface area contributed by atoms with Crippen molar-refractivity contribution in [3.63, 3.8) is 0 Å². The van der Waals surface area contributed by atoms with Crippen molar-refractivity contribution in [1.82, 2.24) is 10.6 Å². The summed E-state index contributed by atoms with van der Waals surface area (Å²) in [6, 6.07) is 0. The average molecular weight is 314 g/mol. The second-order valence-electron chi connectivity index (χ2n) is 8.29. The maximum atomic E-state index is 12.4. The van der Waals surface area contributed by atoms with Crippen molar-refractivity contribution in [3.05, 3.63) is 11.6 Å². The van der Waals surface area contributed by atoms with Crippen LogP contribution in [0.1, 0.15) is 20.8 Å². The second-order valence-corrected chi connectivity index (χ2v) is 8.29. The molecule has 2 bridgehead atoms. The van der Waals surface area contributed by atoms with Crippen molar-refractivity contribution < 1.29 is 19.2 Å². The summed E-state index contributed by atoms with van der Waals surface area (Å²) < 4.78 is 0. The zero-order valence-corrected chi connectivity index (χ0v) is 13.2. The molecule has 6 aliphatic rings. The lowest BCUT2D eigenvalue weighted by atomic mass is 9.28. The normalized spacial score (nSPS) is 55.5. The van der Waals surface area contributed by atoms with Crippen LogP contribution in [0, 0.1) is 46.3 Å². The van der Waals surface area contributed by atoms with E-state index in [1.165, 1.54) is 0 Å². The van der Waals surface area contributed by atoms with Gasteiger partial charge in [-0.1, -0.05) is 25.5 Å². The number of hydrogen-bond acceptors (Lipinski definition) is 4. The van der Waals surface area contributed by atoms with Crippen LogP contribution in [0.5, 0.6) is 0 Å². The van der Waals surface area contributed by atoms with Gasteiger partial charge in [-0.15, -0.1) is 0 Å². The van der Waals surface area contributed by atoms with Crippen LogP contribution in [-0.2, 0) is 19.2 Å². The predicted molar refractivity (Wildman–Crippen MR) is 77.2 cm³/mol. The molecule has 0 aromatic heterocycles. The van der Waals surface area contributed by atoms with E-state index in [9.17, 15) is 19.2 Å². The third kappa shape index (κ3) is 1.10. The van der Waals surface area contributed by atoms with Crippen molar-refractivity contribution in [3.8, 4) is 0 Å². The molecule has 4 aliphatic carbocycles.